The molecule has 0 atom stereocenters. The van der Waals surface area contributed by atoms with E-state index in [1.165, 1.54) is 33.4 Å². The van der Waals surface area contributed by atoms with E-state index < -0.39 is 0 Å². The molecule has 0 bridgehead atoms. The number of fused-ring (bicyclic) bond motifs is 4. The molecule has 0 saturated heterocycles. The van der Waals surface area contributed by atoms with Crippen LogP contribution in [-0.2, 0) is 37.3 Å². The maximum absolute atomic E-state index is 12.4. The average molecular weight is 1090 g/mol. The molecule has 0 aliphatic heterocycles. The second-order valence-electron chi connectivity index (χ2n) is 21.2. The van der Waals surface area contributed by atoms with Crippen LogP contribution in [0.3, 0.4) is 0 Å². The van der Waals surface area contributed by atoms with Crippen molar-refractivity contribution in [3.63, 3.8) is 0 Å². The van der Waals surface area contributed by atoms with E-state index in [4.69, 9.17) is 9.97 Å². The third-order valence-electron chi connectivity index (χ3n) is 14.2. The maximum Gasteiger partial charge on any atom is 0.148 e. The molecule has 11 rings (SSSR count). The molecule has 1 aliphatic rings. The van der Waals surface area contributed by atoms with Crippen LogP contribution in [0.15, 0.2) is 188 Å². The largest absolute Gasteiger partial charge is 0.507 e. The van der Waals surface area contributed by atoms with E-state index in [1.54, 1.807) is 0 Å². The van der Waals surface area contributed by atoms with E-state index in [1.807, 2.05) is 18.3 Å². The van der Waals surface area contributed by atoms with E-state index in [9.17, 15) is 5.11 Å². The monoisotopic (exact) mass is 1090 g/mol. The van der Waals surface area contributed by atoms with Gasteiger partial charge in [0.25, 0.3) is 0 Å². The number of imidazole rings is 1. The summed E-state index contributed by atoms with van der Waals surface area (Å²) < 4.78 is 2.27. The molecular weight excluding hydrogens is 1030 g/mol. The summed E-state index contributed by atoms with van der Waals surface area (Å²) in [6.45, 7) is 18.0. The fraction of sp³-hybridized carbons (Fsp3) is 0.169. The number of nitrogens with zero attached hydrogens (tertiary/aromatic N) is 3. The maximum atomic E-state index is 12.4. The van der Waals surface area contributed by atoms with Crippen molar-refractivity contribution in [1.82, 2.24) is 14.5 Å². The molecule has 1 aliphatic carbocycles. The number of rotatable bonds is 7. The molecule has 348 valence electrons. The van der Waals surface area contributed by atoms with Gasteiger partial charge < -0.3 is 5.11 Å². The molecule has 1 N–H and O–H groups in total. The molecule has 2 heterocycles. The molecule has 2 aromatic heterocycles. The molecule has 5 heteroatoms. The zero-order valence-corrected chi connectivity index (χ0v) is 43.3. The molecule has 0 saturated carbocycles. The van der Waals surface area contributed by atoms with Gasteiger partial charge in [0, 0.05) is 43.9 Å². The molecule has 0 amide bonds. The molecule has 70 heavy (non-hydrogen) atoms. The van der Waals surface area contributed by atoms with E-state index in [0.29, 0.717) is 11.4 Å². The van der Waals surface area contributed by atoms with Crippen LogP contribution in [0.5, 0.6) is 5.75 Å². The predicted octanol–water partition coefficient (Wildman–Crippen LogP) is 16.8. The van der Waals surface area contributed by atoms with Crippen molar-refractivity contribution in [3.8, 4) is 89.7 Å². The van der Waals surface area contributed by atoms with Gasteiger partial charge in [-0.3, -0.25) is 9.55 Å². The number of pyridine rings is 1. The first-order chi connectivity index (χ1) is 33.1. The van der Waals surface area contributed by atoms with E-state index in [-0.39, 0.29) is 43.1 Å². The van der Waals surface area contributed by atoms with Gasteiger partial charge in [-0.05, 0) is 103 Å². The van der Waals surface area contributed by atoms with Crippen molar-refractivity contribution in [2.24, 2.45) is 0 Å². The second kappa shape index (κ2) is 17.7. The van der Waals surface area contributed by atoms with Crippen LogP contribution >= 0.6 is 0 Å². The van der Waals surface area contributed by atoms with E-state index in [0.717, 1.165) is 72.5 Å². The minimum atomic E-state index is -0.272. The fourth-order valence-electron chi connectivity index (χ4n) is 10.2. The van der Waals surface area contributed by atoms with Gasteiger partial charge in [0.1, 0.15) is 11.6 Å². The Labute approximate surface area is 427 Å². The number of phenols is 1. The number of aromatic hydroxyl groups is 1. The number of hydrogen-bond donors (Lipinski definition) is 1. The van der Waals surface area contributed by atoms with Crippen molar-refractivity contribution >= 4 is 11.0 Å². The molecule has 0 fully saturated rings. The summed E-state index contributed by atoms with van der Waals surface area (Å²) in [5, 5.41) is 12.4. The van der Waals surface area contributed by atoms with Crippen molar-refractivity contribution < 1.29 is 26.2 Å². The Morgan fingerprint density at radius 3 is 1.80 bits per heavy atom. The van der Waals surface area contributed by atoms with Gasteiger partial charge in [-0.2, -0.15) is 0 Å². The van der Waals surface area contributed by atoms with Crippen LogP contribution in [0.25, 0.3) is 95.0 Å². The quantitative estimate of drug-likeness (QED) is 0.162. The van der Waals surface area contributed by atoms with Gasteiger partial charge in [0.2, 0.25) is 0 Å². The van der Waals surface area contributed by atoms with Crippen molar-refractivity contribution in [3.05, 3.63) is 217 Å². The molecule has 4 nitrogen and oxygen atoms in total. The first kappa shape index (κ1) is 46.6. The number of aromatic nitrogens is 3. The third-order valence-corrected chi connectivity index (χ3v) is 14.2. The van der Waals surface area contributed by atoms with Gasteiger partial charge in [0.15, 0.2) is 0 Å². The summed E-state index contributed by atoms with van der Waals surface area (Å²) in [6.07, 6.45) is 1.90. The number of benzene rings is 8. The molecule has 0 spiro atoms. The second-order valence-corrected chi connectivity index (χ2v) is 21.2. The van der Waals surface area contributed by atoms with E-state index in [2.05, 4.69) is 236 Å². The summed E-state index contributed by atoms with van der Waals surface area (Å²) in [5.41, 5.74) is 20.4. The van der Waals surface area contributed by atoms with Gasteiger partial charge >= 0.3 is 0 Å². The summed E-state index contributed by atoms with van der Waals surface area (Å²) in [5.74, 6) is 0.866. The predicted molar refractivity (Wildman–Crippen MR) is 287 cm³/mol. The molecule has 0 radical (unpaired) electrons. The Hall–Kier alpha value is -7.13. The van der Waals surface area contributed by atoms with Crippen LogP contribution in [0.2, 0.25) is 0 Å². The normalized spacial score (nSPS) is 12.9. The zero-order valence-electron chi connectivity index (χ0n) is 41.0. The van der Waals surface area contributed by atoms with Crippen molar-refractivity contribution in [1.29, 1.82) is 0 Å². The Morgan fingerprint density at radius 1 is 0.486 bits per heavy atom. The van der Waals surface area contributed by atoms with Crippen LogP contribution in [-0.4, -0.2) is 19.6 Å². The minimum absolute atomic E-state index is 0. The van der Waals surface area contributed by atoms with Crippen LogP contribution in [0.1, 0.15) is 77.6 Å². The van der Waals surface area contributed by atoms with E-state index >= 15 is 0 Å². The third kappa shape index (κ3) is 8.22. The standard InChI is InChI=1S/C65H56N3O.Pt/c1-63(2,3)48-30-31-58(52(38-48)44-20-13-10-14-21-44)68-59-25-17-23-50(61(59)67-62(68)54-39-53-51-22-15-16-24-55(51)65(7,8)56(53)40-60(54)69)46-34-47(36-49(35-46)64(4,5)6)57-37-45(32-33-66-57)43-28-26-42(27-29-43)41-18-11-9-12-19-41;/h9-33,35-40,69H,1-8H3;/q-1;. The first-order valence-electron chi connectivity index (χ1n) is 24.0. The Kier molecular flexibility index (Phi) is 11.8. The number of hydrogen-bond acceptors (Lipinski definition) is 3. The summed E-state index contributed by atoms with van der Waals surface area (Å²) in [4.78, 5) is 10.6. The Bertz CT molecular complexity index is 3590. The van der Waals surface area contributed by atoms with Crippen LogP contribution < -0.4 is 0 Å². The van der Waals surface area contributed by atoms with Crippen molar-refractivity contribution in [2.75, 3.05) is 0 Å². The molecular formula is C65H56N3OPt-. The number of phenolic OH excluding ortho intramolecular Hbond substituents is 1. The van der Waals surface area contributed by atoms with Crippen LogP contribution in [0.4, 0.5) is 0 Å². The number of para-hydroxylation sites is 1. The fourth-order valence-corrected chi connectivity index (χ4v) is 10.2. The smallest absolute Gasteiger partial charge is 0.148 e. The molecule has 10 aromatic rings. The minimum Gasteiger partial charge on any atom is -0.507 e. The first-order valence-corrected chi connectivity index (χ1v) is 24.0. The van der Waals surface area contributed by atoms with Crippen molar-refractivity contribution in [2.45, 2.75) is 71.6 Å². The zero-order chi connectivity index (χ0) is 47.8. The summed E-state index contributed by atoms with van der Waals surface area (Å²) in [6, 6.07) is 68.5. The van der Waals surface area contributed by atoms with Gasteiger partial charge in [-0.1, -0.05) is 200 Å². The SMILES string of the molecule is CC(C)(C)c1cc(-c2cc(-c3ccc(-c4ccccc4)cc3)ccn2)[c-]c(-c2cccc3c2nc(-c2cc4c(cc2O)C(C)(C)c2ccccc2-4)n3-c2ccc(C(C)(C)C)cc2-c2ccccc2)c1.[Pt]. The Morgan fingerprint density at radius 2 is 1.10 bits per heavy atom. The summed E-state index contributed by atoms with van der Waals surface area (Å²) >= 11 is 0. The van der Waals surface area contributed by atoms with Gasteiger partial charge in [-0.15, -0.1) is 29.3 Å². The van der Waals surface area contributed by atoms with Gasteiger partial charge in [-0.25, -0.2) is 4.98 Å². The van der Waals surface area contributed by atoms with Crippen LogP contribution in [0, 0.1) is 6.07 Å². The summed E-state index contributed by atoms with van der Waals surface area (Å²) in [7, 11) is 0. The Balaban J connectivity index is 0.00000567. The topological polar surface area (TPSA) is 50.9 Å². The average Bonchev–Trinajstić information content (AvgIpc) is 3.85. The molecule has 8 aromatic carbocycles. The van der Waals surface area contributed by atoms with Gasteiger partial charge in [0.05, 0.1) is 22.3 Å². The molecule has 0 unspecified atom stereocenters.